The molecule has 1 amide bonds. The quantitative estimate of drug-likeness (QED) is 0.394. The van der Waals surface area contributed by atoms with Crippen molar-refractivity contribution in [3.8, 4) is 5.75 Å². The molecular weight excluding hydrogens is 560 g/mol. The molecule has 3 heterocycles. The summed E-state index contributed by atoms with van der Waals surface area (Å²) in [7, 11) is -2.71. The fourth-order valence-electron chi connectivity index (χ4n) is 4.85. The van der Waals surface area contributed by atoms with E-state index in [0.29, 0.717) is 45.3 Å². The summed E-state index contributed by atoms with van der Waals surface area (Å²) in [5, 5.41) is 0.959. The van der Waals surface area contributed by atoms with E-state index in [9.17, 15) is 22.0 Å². The molecule has 38 heavy (non-hydrogen) atoms. The molecule has 5 rings (SSSR count). The molecule has 2 aromatic carbocycles. The van der Waals surface area contributed by atoms with Crippen molar-refractivity contribution < 1.29 is 31.5 Å². The number of benzene rings is 2. The number of hydrogen-bond acceptors (Lipinski definition) is 7. The van der Waals surface area contributed by atoms with Crippen LogP contribution in [0.15, 0.2) is 35.2 Å². The molecular formula is C25H26ClF2N3O5S2. The normalized spacial score (nSPS) is 19.2. The maximum Gasteiger partial charge on any atom is 0.246 e. The minimum absolute atomic E-state index is 0.00194. The van der Waals surface area contributed by atoms with Gasteiger partial charge in [0.15, 0.2) is 5.13 Å². The van der Waals surface area contributed by atoms with E-state index in [0.717, 1.165) is 29.3 Å². The summed E-state index contributed by atoms with van der Waals surface area (Å²) < 4.78 is 66.9. The van der Waals surface area contributed by atoms with E-state index in [1.807, 2.05) is 0 Å². The van der Waals surface area contributed by atoms with E-state index in [4.69, 9.17) is 21.1 Å². The van der Waals surface area contributed by atoms with Gasteiger partial charge in [0.2, 0.25) is 15.9 Å². The van der Waals surface area contributed by atoms with Crippen molar-refractivity contribution in [2.45, 2.75) is 36.7 Å². The highest BCUT2D eigenvalue weighted by Gasteiger charge is 2.37. The van der Waals surface area contributed by atoms with Crippen LogP contribution in [0.3, 0.4) is 0 Å². The Morgan fingerprint density at radius 3 is 2.68 bits per heavy atom. The highest BCUT2D eigenvalue weighted by Crippen LogP contribution is 2.40. The van der Waals surface area contributed by atoms with Crippen molar-refractivity contribution in [1.29, 1.82) is 0 Å². The first-order valence-corrected chi connectivity index (χ1v) is 14.8. The van der Waals surface area contributed by atoms with Crippen LogP contribution in [0.4, 0.5) is 13.9 Å². The lowest BCUT2D eigenvalue weighted by atomic mass is 9.96. The van der Waals surface area contributed by atoms with Crippen molar-refractivity contribution in [3.63, 3.8) is 0 Å². The molecule has 2 fully saturated rings. The molecule has 3 aromatic rings. The van der Waals surface area contributed by atoms with E-state index in [-0.39, 0.29) is 37.9 Å². The number of hydrogen-bond donors (Lipinski definition) is 0. The Hall–Kier alpha value is -2.38. The number of methoxy groups -OCH3 is 1. The largest absolute Gasteiger partial charge is 0.494 e. The van der Waals surface area contributed by atoms with Crippen LogP contribution in [0, 0.1) is 17.6 Å². The topological polar surface area (TPSA) is 89.0 Å². The first-order valence-electron chi connectivity index (χ1n) is 12.2. The zero-order valence-electron chi connectivity index (χ0n) is 20.5. The number of sulfonamides is 1. The molecule has 8 nitrogen and oxygen atoms in total. The van der Waals surface area contributed by atoms with E-state index in [1.54, 1.807) is 17.0 Å². The van der Waals surface area contributed by atoms with Crippen LogP contribution in [0.5, 0.6) is 5.75 Å². The van der Waals surface area contributed by atoms with Gasteiger partial charge in [0.1, 0.15) is 27.8 Å². The van der Waals surface area contributed by atoms with E-state index in [2.05, 4.69) is 4.98 Å². The van der Waals surface area contributed by atoms with Gasteiger partial charge < -0.3 is 9.47 Å². The van der Waals surface area contributed by atoms with Gasteiger partial charge in [0.25, 0.3) is 0 Å². The van der Waals surface area contributed by atoms with Crippen molar-refractivity contribution >= 4 is 54.2 Å². The highest BCUT2D eigenvalue weighted by atomic mass is 35.5. The summed E-state index contributed by atoms with van der Waals surface area (Å²) in [6, 6.07) is 5.78. The lowest BCUT2D eigenvalue weighted by Crippen LogP contribution is -2.46. The molecule has 13 heteroatoms. The molecule has 2 aliphatic heterocycles. The summed E-state index contributed by atoms with van der Waals surface area (Å²) in [6.45, 7) is 0.939. The van der Waals surface area contributed by atoms with Gasteiger partial charge >= 0.3 is 0 Å². The molecule has 0 radical (unpaired) electrons. The molecule has 0 saturated carbocycles. The van der Waals surface area contributed by atoms with Gasteiger partial charge in [-0.2, -0.15) is 4.31 Å². The van der Waals surface area contributed by atoms with Gasteiger partial charge in [-0.15, -0.1) is 0 Å². The molecule has 1 atom stereocenters. The van der Waals surface area contributed by atoms with Gasteiger partial charge in [-0.3, -0.25) is 9.69 Å². The lowest BCUT2D eigenvalue weighted by Gasteiger charge is -2.33. The molecule has 0 spiro atoms. The molecule has 2 aliphatic rings. The summed E-state index contributed by atoms with van der Waals surface area (Å²) in [5.41, 5.74) is 0.558. The smallest absolute Gasteiger partial charge is 0.246 e. The van der Waals surface area contributed by atoms with E-state index >= 15 is 0 Å². The number of fused-ring (bicyclic) bond motifs is 1. The Labute approximate surface area is 228 Å². The third-order valence-electron chi connectivity index (χ3n) is 6.89. The second-order valence-electron chi connectivity index (χ2n) is 9.26. The minimum atomic E-state index is -4.25. The summed E-state index contributed by atoms with van der Waals surface area (Å²) >= 11 is 7.69. The Bertz CT molecular complexity index is 1450. The molecule has 204 valence electrons. The Kier molecular flexibility index (Phi) is 7.88. The number of rotatable bonds is 7. The molecule has 1 unspecified atom stereocenters. The second-order valence-corrected chi connectivity index (χ2v) is 12.6. The zero-order chi connectivity index (χ0) is 27.0. The maximum absolute atomic E-state index is 14.2. The van der Waals surface area contributed by atoms with E-state index < -0.39 is 32.5 Å². The van der Waals surface area contributed by atoms with Crippen LogP contribution in [-0.4, -0.2) is 63.1 Å². The number of anilines is 1. The average Bonchev–Trinajstić information content (AvgIpc) is 3.59. The highest BCUT2D eigenvalue weighted by molar-refractivity contribution is 7.89. The fraction of sp³-hybridized carbons (Fsp3) is 0.440. The van der Waals surface area contributed by atoms with Gasteiger partial charge in [0.05, 0.1) is 29.5 Å². The number of thiazole rings is 1. The number of halogens is 3. The van der Waals surface area contributed by atoms with Crippen molar-refractivity contribution in [2.24, 2.45) is 5.92 Å². The number of piperidine rings is 1. The van der Waals surface area contributed by atoms with Crippen molar-refractivity contribution in [3.05, 3.63) is 47.0 Å². The SMILES string of the molecule is COc1ccc(Cl)c2sc(N(CC3CCCO3)C(=O)C3CCN(S(=O)(=O)c4cc(F)ccc4F)CC3)nc12. The third-order valence-corrected chi connectivity index (χ3v) is 10.3. The Morgan fingerprint density at radius 2 is 2.00 bits per heavy atom. The van der Waals surface area contributed by atoms with Crippen LogP contribution in [0.25, 0.3) is 10.2 Å². The average molecular weight is 586 g/mol. The number of aromatic nitrogens is 1. The molecule has 0 bridgehead atoms. The minimum Gasteiger partial charge on any atom is -0.494 e. The summed E-state index contributed by atoms with van der Waals surface area (Å²) in [6.07, 6.45) is 2.03. The van der Waals surface area contributed by atoms with E-state index in [1.165, 1.54) is 18.4 Å². The van der Waals surface area contributed by atoms with Gasteiger partial charge in [-0.25, -0.2) is 22.2 Å². The van der Waals surface area contributed by atoms with Crippen molar-refractivity contribution in [1.82, 2.24) is 9.29 Å². The Balaban J connectivity index is 1.38. The first kappa shape index (κ1) is 27.2. The third kappa shape index (κ3) is 5.24. The summed E-state index contributed by atoms with van der Waals surface area (Å²) in [5.74, 6) is -1.99. The molecule has 0 aliphatic carbocycles. The number of amides is 1. The van der Waals surface area contributed by atoms with Crippen molar-refractivity contribution in [2.75, 3.05) is 38.3 Å². The predicted octanol–water partition coefficient (Wildman–Crippen LogP) is 4.85. The lowest BCUT2D eigenvalue weighted by molar-refractivity contribution is -0.123. The van der Waals surface area contributed by atoms with Gasteiger partial charge in [0, 0.05) is 25.6 Å². The van der Waals surface area contributed by atoms with Crippen LogP contribution < -0.4 is 9.64 Å². The van der Waals surface area contributed by atoms with Gasteiger partial charge in [-0.1, -0.05) is 22.9 Å². The molecule has 2 saturated heterocycles. The molecule has 0 N–H and O–H groups in total. The molecule has 1 aromatic heterocycles. The number of nitrogens with zero attached hydrogens (tertiary/aromatic N) is 3. The standard InChI is InChI=1S/C25H26ClF2N3O5S2/c1-35-20-7-5-18(26)23-22(20)29-25(37-23)31(14-17-3-2-12-36-17)24(32)15-8-10-30(11-9-15)38(33,34)21-13-16(27)4-6-19(21)28/h4-7,13,15,17H,2-3,8-12,14H2,1H3. The maximum atomic E-state index is 14.2. The number of carbonyl (C=O) groups excluding carboxylic acids is 1. The number of carbonyl (C=O) groups is 1. The Morgan fingerprint density at radius 1 is 1.24 bits per heavy atom. The van der Waals surface area contributed by atoms with Crippen LogP contribution in [0.1, 0.15) is 25.7 Å². The fourth-order valence-corrected chi connectivity index (χ4v) is 7.67. The number of ether oxygens (including phenoxy) is 2. The van der Waals surface area contributed by atoms with Crippen LogP contribution >= 0.6 is 22.9 Å². The predicted molar refractivity (Wildman–Crippen MR) is 140 cm³/mol. The van der Waals surface area contributed by atoms with Crippen LogP contribution in [0.2, 0.25) is 5.02 Å². The van der Waals surface area contributed by atoms with Gasteiger partial charge in [-0.05, 0) is 56.0 Å². The second kappa shape index (κ2) is 11.0. The monoisotopic (exact) mass is 585 g/mol. The summed E-state index contributed by atoms with van der Waals surface area (Å²) in [4.78, 5) is 19.4. The zero-order valence-corrected chi connectivity index (χ0v) is 22.9. The van der Waals surface area contributed by atoms with Crippen LogP contribution in [-0.2, 0) is 19.6 Å². The first-order chi connectivity index (χ1) is 18.2.